The van der Waals surface area contributed by atoms with Crippen LogP contribution in [0.3, 0.4) is 0 Å². The van der Waals surface area contributed by atoms with E-state index in [4.69, 9.17) is 11.6 Å². The number of rotatable bonds is 5. The minimum Gasteiger partial charge on any atom is -0.326 e. The third kappa shape index (κ3) is 5.07. The van der Waals surface area contributed by atoms with Crippen LogP contribution in [0, 0.1) is 18.8 Å². The highest BCUT2D eigenvalue weighted by Gasteiger charge is 2.39. The molecule has 0 aliphatic heterocycles. The number of aromatic nitrogens is 1. The van der Waals surface area contributed by atoms with E-state index in [1.54, 1.807) is 54.7 Å². The van der Waals surface area contributed by atoms with Crippen molar-refractivity contribution in [3.8, 4) is 5.69 Å². The fourth-order valence-electron chi connectivity index (χ4n) is 4.11. The number of pyridine rings is 1. The van der Waals surface area contributed by atoms with E-state index < -0.39 is 11.8 Å². The van der Waals surface area contributed by atoms with Crippen LogP contribution < -0.4 is 16.2 Å². The minimum atomic E-state index is -0.513. The van der Waals surface area contributed by atoms with Gasteiger partial charge in [0.1, 0.15) is 0 Å². The number of aryl methyl sites for hydroxylation is 1. The summed E-state index contributed by atoms with van der Waals surface area (Å²) in [6.45, 7) is 5.87. The molecule has 0 unspecified atom stereocenters. The summed E-state index contributed by atoms with van der Waals surface area (Å²) in [5.41, 5.74) is 3.54. The number of nitrogens with one attached hydrogen (secondary N) is 2. The van der Waals surface area contributed by atoms with Crippen LogP contribution in [0.25, 0.3) is 5.69 Å². The van der Waals surface area contributed by atoms with Crippen molar-refractivity contribution in [1.29, 1.82) is 0 Å². The molecule has 33 heavy (non-hydrogen) atoms. The Morgan fingerprint density at radius 1 is 0.970 bits per heavy atom. The van der Waals surface area contributed by atoms with Gasteiger partial charge in [0.15, 0.2) is 0 Å². The predicted octanol–water partition coefficient (Wildman–Crippen LogP) is 4.96. The molecule has 7 heteroatoms. The van der Waals surface area contributed by atoms with Gasteiger partial charge in [-0.2, -0.15) is 0 Å². The molecule has 2 aromatic carbocycles. The number of anilines is 2. The molecular formula is C26H24ClN3O3. The molecule has 3 aromatic rings. The first-order valence-electron chi connectivity index (χ1n) is 10.6. The molecule has 0 radical (unpaired) electrons. The monoisotopic (exact) mass is 461 g/mol. The Hall–Kier alpha value is -3.64. The van der Waals surface area contributed by atoms with Gasteiger partial charge >= 0.3 is 0 Å². The summed E-state index contributed by atoms with van der Waals surface area (Å²) in [4.78, 5) is 38.1. The maximum Gasteiger partial charge on any atom is 0.255 e. The topological polar surface area (TPSA) is 80.2 Å². The van der Waals surface area contributed by atoms with E-state index in [0.29, 0.717) is 34.9 Å². The van der Waals surface area contributed by atoms with Crippen LogP contribution in [0.2, 0.25) is 5.02 Å². The molecule has 0 saturated heterocycles. The second kappa shape index (κ2) is 9.46. The average Bonchev–Trinajstić information content (AvgIpc) is 3.19. The van der Waals surface area contributed by atoms with Gasteiger partial charge in [-0.1, -0.05) is 29.8 Å². The summed E-state index contributed by atoms with van der Waals surface area (Å²) in [5, 5.41) is 6.41. The number of halogens is 1. The number of nitrogens with zero attached hydrogens (tertiary/aromatic N) is 1. The summed E-state index contributed by atoms with van der Waals surface area (Å²) < 4.78 is 1.54. The van der Waals surface area contributed by atoms with E-state index in [1.807, 2.05) is 13.0 Å². The maximum absolute atomic E-state index is 13.1. The summed E-state index contributed by atoms with van der Waals surface area (Å²) >= 11 is 5.91. The number of hydrogen-bond acceptors (Lipinski definition) is 3. The largest absolute Gasteiger partial charge is 0.326 e. The second-order valence-electron chi connectivity index (χ2n) is 8.26. The van der Waals surface area contributed by atoms with Gasteiger partial charge in [-0.25, -0.2) is 0 Å². The number of allylic oxidation sites excluding steroid dienone is 1. The average molecular weight is 462 g/mol. The van der Waals surface area contributed by atoms with Crippen molar-refractivity contribution >= 4 is 34.8 Å². The molecule has 168 valence electrons. The van der Waals surface area contributed by atoms with Crippen LogP contribution in [-0.2, 0) is 9.59 Å². The third-order valence-electron chi connectivity index (χ3n) is 5.86. The molecule has 1 fully saturated rings. The van der Waals surface area contributed by atoms with E-state index >= 15 is 0 Å². The normalized spacial score (nSPS) is 17.6. The lowest BCUT2D eigenvalue weighted by Crippen LogP contribution is -2.33. The molecule has 2 atom stereocenters. The van der Waals surface area contributed by atoms with Crippen LogP contribution in [0.5, 0.6) is 0 Å². The predicted molar refractivity (Wildman–Crippen MR) is 131 cm³/mol. The maximum atomic E-state index is 13.1. The molecule has 2 N–H and O–H groups in total. The second-order valence-corrected chi connectivity index (χ2v) is 8.70. The molecule has 1 aliphatic rings. The Bertz CT molecular complexity index is 1280. The van der Waals surface area contributed by atoms with Crippen molar-refractivity contribution in [3.63, 3.8) is 0 Å². The van der Waals surface area contributed by atoms with Crippen molar-refractivity contribution < 1.29 is 9.59 Å². The third-order valence-corrected chi connectivity index (χ3v) is 6.11. The van der Waals surface area contributed by atoms with Gasteiger partial charge < -0.3 is 10.6 Å². The summed E-state index contributed by atoms with van der Waals surface area (Å²) in [7, 11) is 0. The van der Waals surface area contributed by atoms with Crippen LogP contribution in [-0.4, -0.2) is 16.4 Å². The number of amides is 2. The van der Waals surface area contributed by atoms with Gasteiger partial charge in [0.25, 0.3) is 5.56 Å². The van der Waals surface area contributed by atoms with Gasteiger partial charge in [0, 0.05) is 34.3 Å². The first-order chi connectivity index (χ1) is 15.8. The minimum absolute atomic E-state index is 0.132. The van der Waals surface area contributed by atoms with Crippen molar-refractivity contribution in [2.45, 2.75) is 19.8 Å². The first-order valence-corrected chi connectivity index (χ1v) is 11.0. The van der Waals surface area contributed by atoms with Crippen molar-refractivity contribution in [2.24, 2.45) is 11.8 Å². The molecule has 1 aromatic heterocycles. The van der Waals surface area contributed by atoms with E-state index in [9.17, 15) is 14.4 Å². The van der Waals surface area contributed by atoms with Crippen LogP contribution in [0.4, 0.5) is 11.4 Å². The van der Waals surface area contributed by atoms with Crippen molar-refractivity contribution in [3.05, 3.63) is 100.0 Å². The summed E-state index contributed by atoms with van der Waals surface area (Å²) in [5.74, 6) is -1.46. The smallest absolute Gasteiger partial charge is 0.255 e. The fourth-order valence-corrected chi connectivity index (χ4v) is 4.24. The lowest BCUT2D eigenvalue weighted by Gasteiger charge is -2.19. The standard InChI is InChI=1S/C26H24ClN3O3/c1-16-13-21(25(32)28-19-8-6-18(27)7-9-19)22(14-16)26(33)29-23-11-10-20(15-17(23)2)30-12-4-3-5-24(30)31/h3-12,15,21-22H,1,13-14H2,2H3,(H,28,32)(H,29,33)/t21-,22-/m0/s1. The number of benzene rings is 2. The van der Waals surface area contributed by atoms with Crippen LogP contribution >= 0.6 is 11.6 Å². The Kier molecular flexibility index (Phi) is 6.47. The Balaban J connectivity index is 1.49. The van der Waals surface area contributed by atoms with Gasteiger partial charge in [-0.05, 0) is 73.9 Å². The molecule has 1 saturated carbocycles. The number of hydrogen-bond donors (Lipinski definition) is 2. The molecule has 1 heterocycles. The molecule has 6 nitrogen and oxygen atoms in total. The quantitative estimate of drug-likeness (QED) is 0.527. The lowest BCUT2D eigenvalue weighted by molar-refractivity contribution is -0.128. The number of carbonyl (C=O) groups excluding carboxylic acids is 2. The Morgan fingerprint density at radius 2 is 1.64 bits per heavy atom. The zero-order valence-corrected chi connectivity index (χ0v) is 18.9. The summed E-state index contributed by atoms with van der Waals surface area (Å²) in [6, 6.07) is 17.2. The first kappa shape index (κ1) is 22.6. The highest BCUT2D eigenvalue weighted by Crippen LogP contribution is 2.37. The molecule has 2 amide bonds. The number of carbonyl (C=O) groups is 2. The molecule has 4 rings (SSSR count). The Labute approximate surface area is 196 Å². The Morgan fingerprint density at radius 3 is 2.27 bits per heavy atom. The van der Waals surface area contributed by atoms with Crippen molar-refractivity contribution in [2.75, 3.05) is 10.6 Å². The van der Waals surface area contributed by atoms with Crippen LogP contribution in [0.1, 0.15) is 18.4 Å². The van der Waals surface area contributed by atoms with E-state index in [-0.39, 0.29) is 17.4 Å². The van der Waals surface area contributed by atoms with Gasteiger partial charge in [0.2, 0.25) is 11.8 Å². The van der Waals surface area contributed by atoms with Crippen LogP contribution in [0.15, 0.2) is 83.8 Å². The molecular weight excluding hydrogens is 438 g/mol. The zero-order chi connectivity index (χ0) is 23.5. The zero-order valence-electron chi connectivity index (χ0n) is 18.2. The lowest BCUT2D eigenvalue weighted by atomic mass is 9.94. The van der Waals surface area contributed by atoms with E-state index in [1.165, 1.54) is 10.6 Å². The summed E-state index contributed by atoms with van der Waals surface area (Å²) in [6.07, 6.45) is 2.62. The highest BCUT2D eigenvalue weighted by molar-refractivity contribution is 6.30. The molecule has 0 bridgehead atoms. The van der Waals surface area contributed by atoms with E-state index in [2.05, 4.69) is 17.2 Å². The van der Waals surface area contributed by atoms with Gasteiger partial charge in [0.05, 0.1) is 11.8 Å². The molecule has 1 aliphatic carbocycles. The SMILES string of the molecule is C=C1C[C@H](C(=O)Nc2ccc(Cl)cc2)[C@@H](C(=O)Nc2ccc(-n3ccccc3=O)cc2C)C1. The van der Waals surface area contributed by atoms with Gasteiger partial charge in [-0.15, -0.1) is 0 Å². The molecule has 0 spiro atoms. The highest BCUT2D eigenvalue weighted by atomic mass is 35.5. The fraction of sp³-hybridized carbons (Fsp3) is 0.192. The van der Waals surface area contributed by atoms with Crippen molar-refractivity contribution in [1.82, 2.24) is 4.57 Å². The van der Waals surface area contributed by atoms with E-state index in [0.717, 1.165) is 11.1 Å². The van der Waals surface area contributed by atoms with Gasteiger partial charge in [-0.3, -0.25) is 19.0 Å².